The molecule has 3 nitrogen and oxygen atoms in total. The van der Waals surface area contributed by atoms with Crippen molar-refractivity contribution >= 4 is 0 Å². The van der Waals surface area contributed by atoms with Gasteiger partial charge in [0.2, 0.25) is 0 Å². The molecule has 0 saturated carbocycles. The van der Waals surface area contributed by atoms with Crippen LogP contribution in [-0.2, 0) is 0 Å². The monoisotopic (exact) mass is 185 g/mol. The Hall–Kier alpha value is -0.120. The van der Waals surface area contributed by atoms with Crippen LogP contribution in [-0.4, -0.2) is 37.6 Å². The van der Waals surface area contributed by atoms with E-state index < -0.39 is 0 Å². The van der Waals surface area contributed by atoms with Crippen molar-refractivity contribution in [2.45, 2.75) is 25.8 Å². The summed E-state index contributed by atoms with van der Waals surface area (Å²) >= 11 is 0. The van der Waals surface area contributed by atoms with Crippen molar-refractivity contribution in [2.24, 2.45) is 23.3 Å². The number of hydrogen-bond donors (Lipinski definition) is 2. The molecule has 1 saturated heterocycles. The number of rotatable bonds is 3. The van der Waals surface area contributed by atoms with Gasteiger partial charge in [0.15, 0.2) is 0 Å². The Morgan fingerprint density at radius 1 is 1.54 bits per heavy atom. The lowest BCUT2D eigenvalue weighted by Gasteiger charge is -2.35. The lowest BCUT2D eigenvalue weighted by molar-refractivity contribution is 0.168. The maximum atomic E-state index is 6.16. The number of piperidine rings is 1. The summed E-state index contributed by atoms with van der Waals surface area (Å²) in [5.41, 5.74) is 11.8. The van der Waals surface area contributed by atoms with E-state index in [1.54, 1.807) is 0 Å². The smallest absolute Gasteiger partial charge is 0.0117 e. The molecular formula is C10H23N3. The summed E-state index contributed by atoms with van der Waals surface area (Å²) in [4.78, 5) is 2.37. The highest BCUT2D eigenvalue weighted by Crippen LogP contribution is 2.21. The molecule has 13 heavy (non-hydrogen) atoms. The van der Waals surface area contributed by atoms with Crippen LogP contribution in [0.2, 0.25) is 0 Å². The molecule has 1 fully saturated rings. The fourth-order valence-electron chi connectivity index (χ4n) is 2.14. The Labute approximate surface area is 81.5 Å². The van der Waals surface area contributed by atoms with Crippen LogP contribution in [0.3, 0.4) is 0 Å². The zero-order chi connectivity index (χ0) is 9.84. The Morgan fingerprint density at radius 3 is 2.77 bits per heavy atom. The van der Waals surface area contributed by atoms with E-state index in [1.165, 1.54) is 19.4 Å². The summed E-state index contributed by atoms with van der Waals surface area (Å²) in [6, 6.07) is 0.285. The van der Waals surface area contributed by atoms with Gasteiger partial charge in [0.05, 0.1) is 0 Å². The summed E-state index contributed by atoms with van der Waals surface area (Å²) in [6.45, 7) is 5.23. The molecular weight excluding hydrogens is 162 g/mol. The average molecular weight is 185 g/mol. The van der Waals surface area contributed by atoms with Crippen LogP contribution < -0.4 is 11.5 Å². The first-order chi connectivity index (χ1) is 6.15. The lowest BCUT2D eigenvalue weighted by Crippen LogP contribution is -2.46. The second-order valence-corrected chi connectivity index (χ2v) is 4.45. The molecule has 1 heterocycles. The van der Waals surface area contributed by atoms with Crippen molar-refractivity contribution in [3.05, 3.63) is 0 Å². The minimum Gasteiger partial charge on any atom is -0.330 e. The van der Waals surface area contributed by atoms with Crippen LogP contribution >= 0.6 is 0 Å². The summed E-state index contributed by atoms with van der Waals surface area (Å²) < 4.78 is 0. The SMILES string of the molecule is CC(CN)C(N)C1CCCN(C)C1. The number of hydrogen-bond acceptors (Lipinski definition) is 3. The third-order valence-corrected chi connectivity index (χ3v) is 3.23. The van der Waals surface area contributed by atoms with E-state index in [-0.39, 0.29) is 6.04 Å². The molecule has 0 aliphatic carbocycles. The van der Waals surface area contributed by atoms with Crippen molar-refractivity contribution in [3.63, 3.8) is 0 Å². The Kier molecular flexibility index (Phi) is 4.16. The molecule has 1 aliphatic rings. The van der Waals surface area contributed by atoms with Gasteiger partial charge in [-0.2, -0.15) is 0 Å². The Balaban J connectivity index is 2.41. The highest BCUT2D eigenvalue weighted by Gasteiger charge is 2.26. The van der Waals surface area contributed by atoms with Crippen molar-refractivity contribution in [1.82, 2.24) is 4.90 Å². The third-order valence-electron chi connectivity index (χ3n) is 3.23. The first-order valence-electron chi connectivity index (χ1n) is 5.29. The maximum Gasteiger partial charge on any atom is 0.0117 e. The second kappa shape index (κ2) is 4.94. The van der Waals surface area contributed by atoms with Gasteiger partial charge in [-0.1, -0.05) is 6.92 Å². The van der Waals surface area contributed by atoms with E-state index in [0.717, 1.165) is 6.54 Å². The number of nitrogens with two attached hydrogens (primary N) is 2. The zero-order valence-electron chi connectivity index (χ0n) is 8.87. The molecule has 0 spiro atoms. The molecule has 4 N–H and O–H groups in total. The van der Waals surface area contributed by atoms with Crippen LogP contribution in [0.4, 0.5) is 0 Å². The first-order valence-corrected chi connectivity index (χ1v) is 5.29. The van der Waals surface area contributed by atoms with Crippen molar-refractivity contribution in [3.8, 4) is 0 Å². The van der Waals surface area contributed by atoms with E-state index in [2.05, 4.69) is 18.9 Å². The first kappa shape index (κ1) is 11.0. The van der Waals surface area contributed by atoms with Gasteiger partial charge in [-0.3, -0.25) is 0 Å². The topological polar surface area (TPSA) is 55.3 Å². The molecule has 0 amide bonds. The molecule has 0 aromatic carbocycles. The summed E-state index contributed by atoms with van der Waals surface area (Å²) in [6.07, 6.45) is 2.56. The quantitative estimate of drug-likeness (QED) is 0.663. The highest BCUT2D eigenvalue weighted by molar-refractivity contribution is 4.83. The molecule has 0 bridgehead atoms. The third kappa shape index (κ3) is 2.93. The molecule has 1 aliphatic heterocycles. The van der Waals surface area contributed by atoms with Gasteiger partial charge in [0.1, 0.15) is 0 Å². The maximum absolute atomic E-state index is 6.16. The van der Waals surface area contributed by atoms with Gasteiger partial charge in [0.25, 0.3) is 0 Å². The van der Waals surface area contributed by atoms with Gasteiger partial charge in [-0.25, -0.2) is 0 Å². The van der Waals surface area contributed by atoms with Crippen molar-refractivity contribution in [2.75, 3.05) is 26.7 Å². The van der Waals surface area contributed by atoms with E-state index in [0.29, 0.717) is 18.4 Å². The second-order valence-electron chi connectivity index (χ2n) is 4.45. The van der Waals surface area contributed by atoms with Crippen LogP contribution in [0.1, 0.15) is 19.8 Å². The van der Waals surface area contributed by atoms with Crippen molar-refractivity contribution < 1.29 is 0 Å². The molecule has 3 atom stereocenters. The van der Waals surface area contributed by atoms with E-state index >= 15 is 0 Å². The molecule has 0 aromatic rings. The van der Waals surface area contributed by atoms with Crippen LogP contribution in [0.5, 0.6) is 0 Å². The average Bonchev–Trinajstić information content (AvgIpc) is 2.15. The van der Waals surface area contributed by atoms with Crippen molar-refractivity contribution in [1.29, 1.82) is 0 Å². The summed E-state index contributed by atoms with van der Waals surface area (Å²) in [5, 5.41) is 0. The largest absolute Gasteiger partial charge is 0.330 e. The van der Waals surface area contributed by atoms with Crippen LogP contribution in [0, 0.1) is 11.8 Å². The normalized spacial score (nSPS) is 30.0. The molecule has 3 unspecified atom stereocenters. The fraction of sp³-hybridized carbons (Fsp3) is 1.00. The summed E-state index contributed by atoms with van der Waals surface area (Å²) in [7, 11) is 2.17. The molecule has 78 valence electrons. The highest BCUT2D eigenvalue weighted by atomic mass is 15.1. The van der Waals surface area contributed by atoms with Crippen LogP contribution in [0.25, 0.3) is 0 Å². The van der Waals surface area contributed by atoms with Gasteiger partial charge in [-0.05, 0) is 44.8 Å². The Morgan fingerprint density at radius 2 is 2.23 bits per heavy atom. The van der Waals surface area contributed by atoms with Gasteiger partial charge >= 0.3 is 0 Å². The number of nitrogens with zero attached hydrogens (tertiary/aromatic N) is 1. The molecule has 1 rings (SSSR count). The van der Waals surface area contributed by atoms with Gasteiger partial charge < -0.3 is 16.4 Å². The van der Waals surface area contributed by atoms with Crippen LogP contribution in [0.15, 0.2) is 0 Å². The lowest BCUT2D eigenvalue weighted by atomic mass is 9.84. The summed E-state index contributed by atoms with van der Waals surface area (Å²) in [5.74, 6) is 1.11. The molecule has 0 radical (unpaired) electrons. The zero-order valence-corrected chi connectivity index (χ0v) is 8.87. The molecule has 3 heteroatoms. The Bertz CT molecular complexity index is 149. The molecule has 0 aromatic heterocycles. The van der Waals surface area contributed by atoms with Gasteiger partial charge in [-0.15, -0.1) is 0 Å². The minimum atomic E-state index is 0.285. The van der Waals surface area contributed by atoms with E-state index in [9.17, 15) is 0 Å². The van der Waals surface area contributed by atoms with E-state index in [4.69, 9.17) is 11.5 Å². The standard InChI is InChI=1S/C10H23N3/c1-8(6-11)10(12)9-4-3-5-13(2)7-9/h8-10H,3-7,11-12H2,1-2H3. The minimum absolute atomic E-state index is 0.285. The predicted molar refractivity (Wildman–Crippen MR) is 56.4 cm³/mol. The number of likely N-dealkylation sites (tertiary alicyclic amines) is 1. The van der Waals surface area contributed by atoms with E-state index in [1.807, 2.05) is 0 Å². The van der Waals surface area contributed by atoms with Gasteiger partial charge in [0, 0.05) is 12.6 Å². The predicted octanol–water partition coefficient (Wildman–Crippen LogP) is 0.250. The fourth-order valence-corrected chi connectivity index (χ4v) is 2.14.